The summed E-state index contributed by atoms with van der Waals surface area (Å²) in [6.07, 6.45) is 0.681. The summed E-state index contributed by atoms with van der Waals surface area (Å²) in [6, 6.07) is -0.533. The minimum Gasteiger partial charge on any atom is -0.464 e. The summed E-state index contributed by atoms with van der Waals surface area (Å²) in [4.78, 5) is 11.3. The molecule has 16 heavy (non-hydrogen) atoms. The number of rotatable bonds is 9. The molecule has 0 aliphatic heterocycles. The third kappa shape index (κ3) is 7.62. The second-order valence-corrected chi connectivity index (χ2v) is 3.90. The Balaban J connectivity index is 3.34. The topological polar surface area (TPSA) is 70.8 Å². The van der Waals surface area contributed by atoms with Gasteiger partial charge in [0.2, 0.25) is 0 Å². The predicted octanol–water partition coefficient (Wildman–Crippen LogP) is 0.566. The minimum atomic E-state index is -0.533. The molecular weight excluding hydrogens is 210 g/mol. The fourth-order valence-corrected chi connectivity index (χ4v) is 0.946. The van der Waals surface area contributed by atoms with Gasteiger partial charge in [0.1, 0.15) is 6.04 Å². The molecule has 0 rings (SSSR count). The van der Waals surface area contributed by atoms with Crippen LogP contribution in [0.15, 0.2) is 0 Å². The van der Waals surface area contributed by atoms with Crippen molar-refractivity contribution in [2.75, 3.05) is 33.5 Å². The summed E-state index contributed by atoms with van der Waals surface area (Å²) in [7, 11) is 1.62. The quantitative estimate of drug-likeness (QED) is 0.465. The Bertz CT molecular complexity index is 185. The van der Waals surface area contributed by atoms with Crippen molar-refractivity contribution in [2.24, 2.45) is 11.7 Å². The van der Waals surface area contributed by atoms with Gasteiger partial charge in [-0.25, -0.2) is 0 Å². The van der Waals surface area contributed by atoms with E-state index < -0.39 is 6.04 Å². The number of ether oxygens (including phenoxy) is 3. The van der Waals surface area contributed by atoms with Gasteiger partial charge in [-0.15, -0.1) is 0 Å². The molecule has 1 atom stereocenters. The summed E-state index contributed by atoms with van der Waals surface area (Å²) in [5.74, 6) is -0.239. The summed E-state index contributed by atoms with van der Waals surface area (Å²) in [6.45, 7) is 5.84. The van der Waals surface area contributed by atoms with Crippen molar-refractivity contribution in [3.63, 3.8) is 0 Å². The van der Waals surface area contributed by atoms with Gasteiger partial charge in [0.05, 0.1) is 19.8 Å². The van der Waals surface area contributed by atoms with Gasteiger partial charge in [-0.3, -0.25) is 4.79 Å². The lowest BCUT2D eigenvalue weighted by molar-refractivity contribution is -0.146. The van der Waals surface area contributed by atoms with E-state index in [1.54, 1.807) is 7.11 Å². The molecule has 0 amide bonds. The van der Waals surface area contributed by atoms with Gasteiger partial charge < -0.3 is 19.9 Å². The van der Waals surface area contributed by atoms with Crippen LogP contribution in [-0.4, -0.2) is 45.5 Å². The summed E-state index contributed by atoms with van der Waals surface area (Å²) < 4.78 is 15.0. The van der Waals surface area contributed by atoms with Crippen molar-refractivity contribution >= 4 is 5.97 Å². The molecule has 0 aliphatic carbocycles. The summed E-state index contributed by atoms with van der Waals surface area (Å²) in [5.41, 5.74) is 5.62. The van der Waals surface area contributed by atoms with Crippen LogP contribution >= 0.6 is 0 Å². The van der Waals surface area contributed by atoms with E-state index in [0.717, 1.165) is 0 Å². The third-order valence-corrected chi connectivity index (χ3v) is 2.10. The van der Waals surface area contributed by atoms with Crippen molar-refractivity contribution in [2.45, 2.75) is 26.3 Å². The van der Waals surface area contributed by atoms with Gasteiger partial charge in [0, 0.05) is 20.1 Å². The van der Waals surface area contributed by atoms with E-state index in [9.17, 15) is 4.79 Å². The summed E-state index contributed by atoms with van der Waals surface area (Å²) >= 11 is 0. The highest BCUT2D eigenvalue weighted by molar-refractivity contribution is 5.75. The van der Waals surface area contributed by atoms with E-state index in [0.29, 0.717) is 32.8 Å². The first-order valence-electron chi connectivity index (χ1n) is 5.58. The van der Waals surface area contributed by atoms with Crippen LogP contribution in [-0.2, 0) is 19.0 Å². The molecule has 2 N–H and O–H groups in total. The molecule has 5 nitrogen and oxygen atoms in total. The molecule has 5 heteroatoms. The van der Waals surface area contributed by atoms with Crippen LogP contribution in [0.2, 0.25) is 0 Å². The van der Waals surface area contributed by atoms with E-state index in [1.165, 1.54) is 0 Å². The highest BCUT2D eigenvalue weighted by Crippen LogP contribution is 2.00. The number of hydrogen-bond donors (Lipinski definition) is 1. The van der Waals surface area contributed by atoms with Crippen molar-refractivity contribution < 1.29 is 19.0 Å². The molecule has 0 aromatic rings. The Morgan fingerprint density at radius 2 is 1.88 bits per heavy atom. The van der Waals surface area contributed by atoms with E-state index in [1.807, 2.05) is 13.8 Å². The molecule has 0 aromatic carbocycles. The first-order chi connectivity index (χ1) is 7.59. The highest BCUT2D eigenvalue weighted by Gasteiger charge is 2.18. The van der Waals surface area contributed by atoms with Crippen LogP contribution in [0.1, 0.15) is 20.3 Å². The van der Waals surface area contributed by atoms with Crippen molar-refractivity contribution in [3.05, 3.63) is 0 Å². The Kier molecular flexibility index (Phi) is 9.18. The molecule has 0 aliphatic rings. The van der Waals surface area contributed by atoms with E-state index in [2.05, 4.69) is 0 Å². The van der Waals surface area contributed by atoms with Crippen LogP contribution in [0.3, 0.4) is 0 Å². The number of carbonyl (C=O) groups excluding carboxylic acids is 1. The molecule has 0 heterocycles. The SMILES string of the molecule is COCCOCCCOC(=O)[C@@H](N)C(C)C. The van der Waals surface area contributed by atoms with Crippen LogP contribution < -0.4 is 5.73 Å². The lowest BCUT2D eigenvalue weighted by atomic mass is 10.1. The molecule has 0 unspecified atom stereocenters. The number of esters is 1. The second kappa shape index (κ2) is 9.57. The average molecular weight is 233 g/mol. The van der Waals surface area contributed by atoms with Gasteiger partial charge in [0.25, 0.3) is 0 Å². The van der Waals surface area contributed by atoms with Crippen molar-refractivity contribution in [3.8, 4) is 0 Å². The Morgan fingerprint density at radius 1 is 1.19 bits per heavy atom. The molecule has 0 saturated heterocycles. The molecule has 0 fully saturated rings. The highest BCUT2D eigenvalue weighted by atomic mass is 16.5. The van der Waals surface area contributed by atoms with Crippen LogP contribution in [0.25, 0.3) is 0 Å². The number of hydrogen-bond acceptors (Lipinski definition) is 5. The van der Waals surface area contributed by atoms with E-state index >= 15 is 0 Å². The number of nitrogens with two attached hydrogens (primary N) is 1. The molecule has 0 spiro atoms. The fourth-order valence-electron chi connectivity index (χ4n) is 0.946. The molecule has 0 radical (unpaired) electrons. The van der Waals surface area contributed by atoms with Crippen LogP contribution in [0, 0.1) is 5.92 Å². The van der Waals surface area contributed by atoms with Crippen LogP contribution in [0.4, 0.5) is 0 Å². The zero-order chi connectivity index (χ0) is 12.4. The van der Waals surface area contributed by atoms with E-state index in [-0.39, 0.29) is 11.9 Å². The normalized spacial score (nSPS) is 12.8. The average Bonchev–Trinajstić information content (AvgIpc) is 2.26. The van der Waals surface area contributed by atoms with Gasteiger partial charge in [0.15, 0.2) is 0 Å². The van der Waals surface area contributed by atoms with Gasteiger partial charge in [-0.2, -0.15) is 0 Å². The van der Waals surface area contributed by atoms with Gasteiger partial charge >= 0.3 is 5.97 Å². The zero-order valence-corrected chi connectivity index (χ0v) is 10.4. The van der Waals surface area contributed by atoms with Gasteiger partial charge in [-0.05, 0) is 5.92 Å². The first kappa shape index (κ1) is 15.3. The largest absolute Gasteiger partial charge is 0.464 e. The third-order valence-electron chi connectivity index (χ3n) is 2.10. The molecule has 0 saturated carbocycles. The van der Waals surface area contributed by atoms with Crippen molar-refractivity contribution in [1.29, 1.82) is 0 Å². The standard InChI is InChI=1S/C11H23NO4/c1-9(2)10(12)11(13)16-6-4-5-15-8-7-14-3/h9-10H,4-8,12H2,1-3H3/t10-/m0/s1. The Labute approximate surface area is 97.2 Å². The Morgan fingerprint density at radius 3 is 2.44 bits per heavy atom. The second-order valence-electron chi connectivity index (χ2n) is 3.90. The minimum absolute atomic E-state index is 0.102. The first-order valence-corrected chi connectivity index (χ1v) is 5.58. The maximum atomic E-state index is 11.3. The zero-order valence-electron chi connectivity index (χ0n) is 10.4. The number of methoxy groups -OCH3 is 1. The smallest absolute Gasteiger partial charge is 0.323 e. The number of carbonyl (C=O) groups is 1. The van der Waals surface area contributed by atoms with Crippen molar-refractivity contribution in [1.82, 2.24) is 0 Å². The monoisotopic (exact) mass is 233 g/mol. The summed E-state index contributed by atoms with van der Waals surface area (Å²) in [5, 5.41) is 0. The molecule has 0 aromatic heterocycles. The molecule has 0 bridgehead atoms. The lowest BCUT2D eigenvalue weighted by Gasteiger charge is -2.14. The van der Waals surface area contributed by atoms with E-state index in [4.69, 9.17) is 19.9 Å². The molecule has 96 valence electrons. The maximum Gasteiger partial charge on any atom is 0.323 e. The Hall–Kier alpha value is -0.650. The van der Waals surface area contributed by atoms with Gasteiger partial charge in [-0.1, -0.05) is 13.8 Å². The predicted molar refractivity (Wildman–Crippen MR) is 61.1 cm³/mol. The molecular formula is C11H23NO4. The maximum absolute atomic E-state index is 11.3. The lowest BCUT2D eigenvalue weighted by Crippen LogP contribution is -2.37. The fraction of sp³-hybridized carbons (Fsp3) is 0.909. The van der Waals surface area contributed by atoms with Crippen LogP contribution in [0.5, 0.6) is 0 Å².